The number of hydrogen-bond acceptors (Lipinski definition) is 3. The summed E-state index contributed by atoms with van der Waals surface area (Å²) in [5, 5.41) is 2.67. The van der Waals surface area contributed by atoms with Crippen LogP contribution in [-0.4, -0.2) is 27.3 Å². The Morgan fingerprint density at radius 1 is 1.33 bits per heavy atom. The Bertz CT molecular complexity index is 537. The lowest BCUT2D eigenvalue weighted by atomic mass is 10.3. The van der Waals surface area contributed by atoms with Gasteiger partial charge in [0.05, 0.1) is 21.0 Å². The molecule has 1 aromatic carbocycles. The molecule has 0 bridgehead atoms. The molecule has 1 aromatic rings. The van der Waals surface area contributed by atoms with E-state index in [1.165, 1.54) is 0 Å². The lowest BCUT2D eigenvalue weighted by Crippen LogP contribution is -2.33. The molecule has 0 amide bonds. The van der Waals surface area contributed by atoms with Crippen molar-refractivity contribution in [2.75, 3.05) is 18.3 Å². The van der Waals surface area contributed by atoms with E-state index in [1.54, 1.807) is 26.1 Å². The van der Waals surface area contributed by atoms with Gasteiger partial charge in [0, 0.05) is 11.0 Å². The van der Waals surface area contributed by atoms with E-state index >= 15 is 0 Å². The normalized spacial score (nSPS) is 13.4. The van der Waals surface area contributed by atoms with Crippen molar-refractivity contribution in [2.24, 2.45) is 0 Å². The number of nitrogens with one attached hydrogen (secondary N) is 2. The Hall–Kier alpha value is -0.0100. The molecule has 8 heteroatoms. The second kappa shape index (κ2) is 6.43. The molecule has 0 saturated carbocycles. The van der Waals surface area contributed by atoms with Crippen LogP contribution in [0.4, 0.5) is 5.69 Å². The van der Waals surface area contributed by atoms with E-state index in [1.807, 2.05) is 0 Å². The molecule has 102 valence electrons. The molecule has 4 nitrogen and oxygen atoms in total. The van der Waals surface area contributed by atoms with Crippen LogP contribution < -0.4 is 10.0 Å². The van der Waals surface area contributed by atoms with Crippen molar-refractivity contribution in [3.05, 3.63) is 26.7 Å². The summed E-state index contributed by atoms with van der Waals surface area (Å²) in [4.78, 5) is 0. The summed E-state index contributed by atoms with van der Waals surface area (Å²) < 4.78 is 27.0. The molecule has 0 aromatic heterocycles. The number of hydrogen-bond donors (Lipinski definition) is 2. The molecular formula is C10H13BrCl2N2O2S. The molecule has 1 rings (SSSR count). The van der Waals surface area contributed by atoms with Crippen molar-refractivity contribution in [1.29, 1.82) is 0 Å². The van der Waals surface area contributed by atoms with Crippen LogP contribution in [0.15, 0.2) is 16.6 Å². The third-order valence-electron chi connectivity index (χ3n) is 2.31. The first-order chi connectivity index (χ1) is 8.29. The lowest BCUT2D eigenvalue weighted by Gasteiger charge is -2.15. The highest BCUT2D eigenvalue weighted by molar-refractivity contribution is 9.10. The fourth-order valence-corrected chi connectivity index (χ4v) is 3.20. The zero-order valence-corrected chi connectivity index (χ0v) is 13.7. The summed E-state index contributed by atoms with van der Waals surface area (Å²) in [6, 6.07) is 3.19. The van der Waals surface area contributed by atoms with Gasteiger partial charge in [0.1, 0.15) is 0 Å². The van der Waals surface area contributed by atoms with Crippen LogP contribution in [0.3, 0.4) is 0 Å². The molecule has 2 N–H and O–H groups in total. The summed E-state index contributed by atoms with van der Waals surface area (Å²) in [6.07, 6.45) is 0. The molecule has 0 saturated heterocycles. The third kappa shape index (κ3) is 3.74. The molecule has 1 atom stereocenters. The van der Waals surface area contributed by atoms with Gasteiger partial charge in [-0.05, 0) is 42.0 Å². The number of halogens is 3. The van der Waals surface area contributed by atoms with Gasteiger partial charge < -0.3 is 5.32 Å². The molecule has 0 radical (unpaired) electrons. The number of benzene rings is 1. The van der Waals surface area contributed by atoms with Crippen LogP contribution in [0.25, 0.3) is 0 Å². The Kier molecular flexibility index (Phi) is 5.73. The summed E-state index contributed by atoms with van der Waals surface area (Å²) in [5.41, 5.74) is 0.271. The minimum atomic E-state index is -3.50. The predicted molar refractivity (Wildman–Crippen MR) is 80.1 cm³/mol. The highest BCUT2D eigenvalue weighted by Gasteiger charge is 2.21. The Labute approximate surface area is 125 Å². The highest BCUT2D eigenvalue weighted by atomic mass is 79.9. The smallest absolute Gasteiger partial charge is 0.236 e. The van der Waals surface area contributed by atoms with E-state index in [0.717, 1.165) is 0 Å². The first-order valence-electron chi connectivity index (χ1n) is 5.09. The Morgan fingerprint density at radius 2 is 1.94 bits per heavy atom. The highest BCUT2D eigenvalue weighted by Crippen LogP contribution is 2.36. The van der Waals surface area contributed by atoms with E-state index in [-0.39, 0.29) is 15.7 Å². The number of sulfonamides is 1. The SMILES string of the molecule is CNCC(C)S(=O)(=O)Nc1ccc(Br)c(Cl)c1Cl. The molecule has 0 heterocycles. The first-order valence-corrected chi connectivity index (χ1v) is 8.19. The number of rotatable bonds is 5. The van der Waals surface area contributed by atoms with E-state index < -0.39 is 15.3 Å². The average molecular weight is 376 g/mol. The monoisotopic (exact) mass is 374 g/mol. The molecule has 0 spiro atoms. The van der Waals surface area contributed by atoms with Crippen molar-refractivity contribution in [1.82, 2.24) is 5.32 Å². The van der Waals surface area contributed by atoms with Gasteiger partial charge in [-0.15, -0.1) is 0 Å². The third-order valence-corrected chi connectivity index (χ3v) is 5.81. The van der Waals surface area contributed by atoms with Gasteiger partial charge in [0.15, 0.2) is 0 Å². The zero-order chi connectivity index (χ0) is 13.9. The van der Waals surface area contributed by atoms with Crippen LogP contribution in [0.5, 0.6) is 0 Å². The van der Waals surface area contributed by atoms with Crippen LogP contribution in [0, 0.1) is 0 Å². The average Bonchev–Trinajstić information content (AvgIpc) is 2.30. The van der Waals surface area contributed by atoms with Crippen molar-refractivity contribution < 1.29 is 8.42 Å². The van der Waals surface area contributed by atoms with Gasteiger partial charge in [0.2, 0.25) is 10.0 Å². The topological polar surface area (TPSA) is 58.2 Å². The molecule has 18 heavy (non-hydrogen) atoms. The van der Waals surface area contributed by atoms with E-state index in [9.17, 15) is 8.42 Å². The summed E-state index contributed by atoms with van der Waals surface area (Å²) in [5.74, 6) is 0. The Morgan fingerprint density at radius 3 is 2.50 bits per heavy atom. The molecular weight excluding hydrogens is 363 g/mol. The number of anilines is 1. The minimum Gasteiger partial charge on any atom is -0.318 e. The van der Waals surface area contributed by atoms with Crippen molar-refractivity contribution in [3.63, 3.8) is 0 Å². The van der Waals surface area contributed by atoms with Gasteiger partial charge >= 0.3 is 0 Å². The predicted octanol–water partition coefficient (Wildman–Crippen LogP) is 3.11. The zero-order valence-electron chi connectivity index (χ0n) is 9.80. The van der Waals surface area contributed by atoms with Gasteiger partial charge in [-0.25, -0.2) is 8.42 Å². The standard InChI is InChI=1S/C10H13BrCl2N2O2S/c1-6(5-14-2)18(16,17)15-8-4-3-7(11)9(12)10(8)13/h3-4,6,14-15H,5H2,1-2H3. The maximum Gasteiger partial charge on any atom is 0.236 e. The van der Waals surface area contributed by atoms with E-state index in [4.69, 9.17) is 23.2 Å². The second-order valence-electron chi connectivity index (χ2n) is 3.74. The lowest BCUT2D eigenvalue weighted by molar-refractivity contribution is 0.584. The van der Waals surface area contributed by atoms with Gasteiger partial charge in [-0.1, -0.05) is 23.2 Å². The Balaban J connectivity index is 3.02. The van der Waals surface area contributed by atoms with Crippen LogP contribution in [-0.2, 0) is 10.0 Å². The molecule has 0 fully saturated rings. The minimum absolute atomic E-state index is 0.172. The van der Waals surface area contributed by atoms with E-state index in [2.05, 4.69) is 26.0 Å². The summed E-state index contributed by atoms with van der Waals surface area (Å²) in [7, 11) is -1.81. The van der Waals surface area contributed by atoms with Gasteiger partial charge in [-0.3, -0.25) is 4.72 Å². The molecule has 0 aliphatic heterocycles. The maximum absolute atomic E-state index is 12.0. The van der Waals surface area contributed by atoms with Gasteiger partial charge in [0.25, 0.3) is 0 Å². The maximum atomic E-state index is 12.0. The first kappa shape index (κ1) is 16.0. The molecule has 0 aliphatic rings. The summed E-state index contributed by atoms with van der Waals surface area (Å²) >= 11 is 15.1. The largest absolute Gasteiger partial charge is 0.318 e. The fraction of sp³-hybridized carbons (Fsp3) is 0.400. The van der Waals surface area contributed by atoms with Crippen molar-refractivity contribution >= 4 is 54.8 Å². The van der Waals surface area contributed by atoms with Crippen LogP contribution >= 0.6 is 39.1 Å². The fourth-order valence-electron chi connectivity index (χ4n) is 1.26. The second-order valence-corrected chi connectivity index (χ2v) is 7.45. The van der Waals surface area contributed by atoms with Crippen molar-refractivity contribution in [2.45, 2.75) is 12.2 Å². The van der Waals surface area contributed by atoms with Gasteiger partial charge in [-0.2, -0.15) is 0 Å². The van der Waals surface area contributed by atoms with E-state index in [0.29, 0.717) is 11.0 Å². The molecule has 1 unspecified atom stereocenters. The van der Waals surface area contributed by atoms with Crippen molar-refractivity contribution in [3.8, 4) is 0 Å². The molecule has 0 aliphatic carbocycles. The van der Waals surface area contributed by atoms with Crippen LogP contribution in [0.2, 0.25) is 10.0 Å². The summed E-state index contributed by atoms with van der Waals surface area (Å²) in [6.45, 7) is 1.95. The quantitative estimate of drug-likeness (QED) is 0.777. The van der Waals surface area contributed by atoms with Crippen LogP contribution in [0.1, 0.15) is 6.92 Å².